The number of hydrogen-bond donors (Lipinski definition) is 1. The molecule has 3 aromatic carbocycles. The third-order valence-corrected chi connectivity index (χ3v) is 5.38. The van der Waals surface area contributed by atoms with E-state index < -0.39 is 0 Å². The normalized spacial score (nSPS) is 11.7. The average Bonchev–Trinajstić information content (AvgIpc) is 2.67. The molecule has 1 N–H and O–H groups in total. The summed E-state index contributed by atoms with van der Waals surface area (Å²) in [5.41, 5.74) is 1.89. The lowest BCUT2D eigenvalue weighted by Crippen LogP contribution is -2.27. The number of carbonyl (C=O) groups is 1. The molecule has 3 aromatic rings. The molecule has 25 heavy (non-hydrogen) atoms. The summed E-state index contributed by atoms with van der Waals surface area (Å²) >= 11 is 7.72. The van der Waals surface area contributed by atoms with E-state index in [9.17, 15) is 4.79 Å². The zero-order chi connectivity index (χ0) is 17.5. The molecule has 0 heterocycles. The average molecular weight is 368 g/mol. The highest BCUT2D eigenvalue weighted by molar-refractivity contribution is 8.00. The number of carbonyl (C=O) groups excluding carboxylic acids is 1. The van der Waals surface area contributed by atoms with Gasteiger partial charge in [-0.05, 0) is 29.3 Å². The number of hydrogen-bond acceptors (Lipinski definition) is 2. The predicted molar refractivity (Wildman–Crippen MR) is 105 cm³/mol. The summed E-state index contributed by atoms with van der Waals surface area (Å²) in [5, 5.41) is 3.36. The van der Waals surface area contributed by atoms with Crippen LogP contribution in [0.1, 0.15) is 16.4 Å². The fourth-order valence-electron chi connectivity index (χ4n) is 2.45. The molecule has 1 amide bonds. The topological polar surface area (TPSA) is 29.1 Å². The maximum atomic E-state index is 12.9. The van der Waals surface area contributed by atoms with E-state index >= 15 is 0 Å². The smallest absolute Gasteiger partial charge is 0.238 e. The fraction of sp³-hybridized carbons (Fsp3) is 0.0952. The van der Waals surface area contributed by atoms with Crippen molar-refractivity contribution < 1.29 is 4.79 Å². The van der Waals surface area contributed by atoms with Gasteiger partial charge in [0.15, 0.2) is 0 Å². The molecule has 1 atom stereocenters. The van der Waals surface area contributed by atoms with Crippen LogP contribution in [0.25, 0.3) is 0 Å². The van der Waals surface area contributed by atoms with Crippen LogP contribution in [-0.2, 0) is 11.3 Å². The van der Waals surface area contributed by atoms with Crippen LogP contribution in [0.3, 0.4) is 0 Å². The lowest BCUT2D eigenvalue weighted by atomic mass is 10.1. The highest BCUT2D eigenvalue weighted by atomic mass is 35.5. The van der Waals surface area contributed by atoms with Crippen LogP contribution < -0.4 is 5.32 Å². The van der Waals surface area contributed by atoms with Gasteiger partial charge in [0.1, 0.15) is 5.25 Å². The molecule has 0 bridgehead atoms. The summed E-state index contributed by atoms with van der Waals surface area (Å²) in [6, 6.07) is 27.3. The Morgan fingerprint density at radius 2 is 1.48 bits per heavy atom. The van der Waals surface area contributed by atoms with Gasteiger partial charge in [-0.1, -0.05) is 78.3 Å². The van der Waals surface area contributed by atoms with E-state index in [4.69, 9.17) is 11.6 Å². The first-order valence-corrected chi connectivity index (χ1v) is 9.27. The van der Waals surface area contributed by atoms with E-state index in [0.717, 1.165) is 16.0 Å². The van der Waals surface area contributed by atoms with Crippen LogP contribution >= 0.6 is 23.4 Å². The number of benzene rings is 3. The minimum atomic E-state index is -0.314. The Kier molecular flexibility index (Phi) is 6.15. The van der Waals surface area contributed by atoms with Gasteiger partial charge in [0.25, 0.3) is 0 Å². The Morgan fingerprint density at radius 3 is 2.16 bits per heavy atom. The Hall–Kier alpha value is -2.23. The summed E-state index contributed by atoms with van der Waals surface area (Å²) in [5.74, 6) is -0.0278. The molecule has 3 rings (SSSR count). The number of thioether (sulfide) groups is 1. The molecule has 0 unspecified atom stereocenters. The number of amides is 1. The third kappa shape index (κ3) is 4.88. The van der Waals surface area contributed by atoms with Crippen molar-refractivity contribution in [1.82, 2.24) is 5.32 Å². The number of nitrogens with one attached hydrogen (secondary N) is 1. The van der Waals surface area contributed by atoms with Gasteiger partial charge < -0.3 is 5.32 Å². The monoisotopic (exact) mass is 367 g/mol. The first-order valence-electron chi connectivity index (χ1n) is 8.02. The highest BCUT2D eigenvalue weighted by Crippen LogP contribution is 2.35. The van der Waals surface area contributed by atoms with E-state index in [1.54, 1.807) is 11.8 Å². The molecular formula is C21H18ClNOS. The van der Waals surface area contributed by atoms with Crippen molar-refractivity contribution in [2.24, 2.45) is 0 Å². The van der Waals surface area contributed by atoms with Gasteiger partial charge in [0, 0.05) is 16.5 Å². The molecule has 0 aliphatic carbocycles. The van der Waals surface area contributed by atoms with Crippen molar-refractivity contribution in [3.05, 3.63) is 101 Å². The molecule has 0 saturated carbocycles. The predicted octanol–water partition coefficient (Wildman–Crippen LogP) is 5.49. The summed E-state index contributed by atoms with van der Waals surface area (Å²) < 4.78 is 0. The largest absolute Gasteiger partial charge is 0.351 e. The maximum Gasteiger partial charge on any atom is 0.238 e. The summed E-state index contributed by atoms with van der Waals surface area (Å²) in [6.45, 7) is 0.414. The molecule has 0 aliphatic heterocycles. The van der Waals surface area contributed by atoms with Gasteiger partial charge in [-0.25, -0.2) is 0 Å². The van der Waals surface area contributed by atoms with Gasteiger partial charge in [-0.3, -0.25) is 4.79 Å². The zero-order valence-electron chi connectivity index (χ0n) is 13.6. The summed E-state index contributed by atoms with van der Waals surface area (Å²) in [4.78, 5) is 13.9. The van der Waals surface area contributed by atoms with Crippen LogP contribution in [0.15, 0.2) is 89.8 Å². The molecule has 0 aliphatic rings. The standard InChI is InChI=1S/C21H18ClNOS/c22-19-14-8-7-11-17(19)15-23-21(24)20(16-9-3-1-4-10-16)25-18-12-5-2-6-13-18/h1-14,20H,15H2,(H,23,24)/t20-/m0/s1. The van der Waals surface area contributed by atoms with E-state index in [1.165, 1.54) is 0 Å². The van der Waals surface area contributed by atoms with E-state index in [1.807, 2.05) is 84.9 Å². The summed E-state index contributed by atoms with van der Waals surface area (Å²) in [6.07, 6.45) is 0. The Labute approximate surface area is 157 Å². The van der Waals surface area contributed by atoms with Gasteiger partial charge >= 0.3 is 0 Å². The molecule has 4 heteroatoms. The lowest BCUT2D eigenvalue weighted by molar-refractivity contribution is -0.120. The fourth-order valence-corrected chi connectivity index (χ4v) is 3.73. The minimum absolute atomic E-state index is 0.0278. The molecule has 0 saturated heterocycles. The molecule has 126 valence electrons. The third-order valence-electron chi connectivity index (χ3n) is 3.75. The van der Waals surface area contributed by atoms with Gasteiger partial charge in [0.2, 0.25) is 5.91 Å². The maximum absolute atomic E-state index is 12.9. The molecule has 0 spiro atoms. The van der Waals surface area contributed by atoms with Gasteiger partial charge in [0.05, 0.1) is 0 Å². The van der Waals surface area contributed by atoms with Crippen molar-refractivity contribution in [1.29, 1.82) is 0 Å². The van der Waals surface area contributed by atoms with Crippen molar-refractivity contribution >= 4 is 29.3 Å². The van der Waals surface area contributed by atoms with Crippen LogP contribution in [-0.4, -0.2) is 5.91 Å². The second-order valence-corrected chi connectivity index (χ2v) is 7.12. The van der Waals surface area contributed by atoms with Crippen LogP contribution in [0.2, 0.25) is 5.02 Å². The van der Waals surface area contributed by atoms with E-state index in [0.29, 0.717) is 11.6 Å². The van der Waals surface area contributed by atoms with Crippen molar-refractivity contribution in [2.45, 2.75) is 16.7 Å². The molecule has 2 nitrogen and oxygen atoms in total. The van der Waals surface area contributed by atoms with E-state index in [-0.39, 0.29) is 11.2 Å². The van der Waals surface area contributed by atoms with Gasteiger partial charge in [-0.15, -0.1) is 11.8 Å². The number of rotatable bonds is 6. The zero-order valence-corrected chi connectivity index (χ0v) is 15.1. The quantitative estimate of drug-likeness (QED) is 0.583. The van der Waals surface area contributed by atoms with Crippen molar-refractivity contribution in [3.63, 3.8) is 0 Å². The minimum Gasteiger partial charge on any atom is -0.351 e. The second-order valence-electron chi connectivity index (χ2n) is 5.53. The number of halogens is 1. The molecular weight excluding hydrogens is 350 g/mol. The van der Waals surface area contributed by atoms with Crippen molar-refractivity contribution in [2.75, 3.05) is 0 Å². The highest BCUT2D eigenvalue weighted by Gasteiger charge is 2.21. The molecule has 0 radical (unpaired) electrons. The van der Waals surface area contributed by atoms with E-state index in [2.05, 4.69) is 5.32 Å². The Bertz CT molecular complexity index is 824. The molecule has 0 aromatic heterocycles. The molecule has 0 fully saturated rings. The van der Waals surface area contributed by atoms with Gasteiger partial charge in [-0.2, -0.15) is 0 Å². The first kappa shape index (κ1) is 17.6. The Balaban J connectivity index is 1.76. The van der Waals surface area contributed by atoms with Crippen molar-refractivity contribution in [3.8, 4) is 0 Å². The van der Waals surface area contributed by atoms with Crippen LogP contribution in [0.5, 0.6) is 0 Å². The summed E-state index contributed by atoms with van der Waals surface area (Å²) in [7, 11) is 0. The second kappa shape index (κ2) is 8.75. The van der Waals surface area contributed by atoms with Crippen LogP contribution in [0.4, 0.5) is 0 Å². The first-order chi connectivity index (χ1) is 12.2. The SMILES string of the molecule is O=C(NCc1ccccc1Cl)[C@@H](Sc1ccccc1)c1ccccc1. The van der Waals surface area contributed by atoms with Crippen LogP contribution in [0, 0.1) is 0 Å². The Morgan fingerprint density at radius 1 is 0.880 bits per heavy atom. The lowest BCUT2D eigenvalue weighted by Gasteiger charge is -2.17.